The van der Waals surface area contributed by atoms with E-state index in [0.717, 1.165) is 12.8 Å². The first-order valence-corrected chi connectivity index (χ1v) is 6.58. The highest BCUT2D eigenvalue weighted by Crippen LogP contribution is 2.28. The minimum Gasteiger partial charge on any atom is -0.379 e. The smallest absolute Gasteiger partial charge is 0.142 e. The molecule has 2 unspecified atom stereocenters. The Kier molecular flexibility index (Phi) is 6.09. The third-order valence-corrected chi connectivity index (χ3v) is 3.49. The van der Waals surface area contributed by atoms with Gasteiger partial charge in [0.1, 0.15) is 5.82 Å². The Balaban J connectivity index is 3.03. The summed E-state index contributed by atoms with van der Waals surface area (Å²) in [4.78, 5) is 0. The summed E-state index contributed by atoms with van der Waals surface area (Å²) >= 11 is 3.21. The van der Waals surface area contributed by atoms with Crippen molar-refractivity contribution in [1.29, 1.82) is 0 Å². The maximum atomic E-state index is 14.0. The molecule has 0 aromatic heterocycles. The highest BCUT2D eigenvalue weighted by molar-refractivity contribution is 9.10. The highest BCUT2D eigenvalue weighted by atomic mass is 79.9. The summed E-state index contributed by atoms with van der Waals surface area (Å²) in [5.41, 5.74) is 0.641. The molecule has 0 amide bonds. The Bertz CT molecular complexity index is 359. The van der Waals surface area contributed by atoms with E-state index in [4.69, 9.17) is 4.74 Å². The van der Waals surface area contributed by atoms with Crippen LogP contribution in [0.5, 0.6) is 0 Å². The third-order valence-electron chi connectivity index (χ3n) is 2.88. The number of hydrogen-bond donors (Lipinski definition) is 1. The van der Waals surface area contributed by atoms with Crippen LogP contribution in [0.15, 0.2) is 22.7 Å². The number of methoxy groups -OCH3 is 1. The highest BCUT2D eigenvalue weighted by Gasteiger charge is 2.24. The van der Waals surface area contributed by atoms with Crippen molar-refractivity contribution in [2.45, 2.75) is 31.9 Å². The van der Waals surface area contributed by atoms with Gasteiger partial charge >= 0.3 is 0 Å². The van der Waals surface area contributed by atoms with E-state index in [2.05, 4.69) is 28.2 Å². The average molecular weight is 304 g/mol. The van der Waals surface area contributed by atoms with Crippen molar-refractivity contribution in [1.82, 2.24) is 5.32 Å². The van der Waals surface area contributed by atoms with Crippen molar-refractivity contribution in [2.24, 2.45) is 0 Å². The van der Waals surface area contributed by atoms with Crippen molar-refractivity contribution in [3.63, 3.8) is 0 Å². The molecule has 0 radical (unpaired) electrons. The molecule has 96 valence electrons. The second-order valence-electron chi connectivity index (χ2n) is 3.97. The summed E-state index contributed by atoms with van der Waals surface area (Å²) in [6.45, 7) is 2.09. The summed E-state index contributed by atoms with van der Waals surface area (Å²) < 4.78 is 20.0. The van der Waals surface area contributed by atoms with E-state index in [1.807, 2.05) is 13.1 Å². The predicted molar refractivity (Wildman–Crippen MR) is 71.6 cm³/mol. The summed E-state index contributed by atoms with van der Waals surface area (Å²) in [5.74, 6) is -0.218. The molecule has 1 aromatic carbocycles. The van der Waals surface area contributed by atoms with Gasteiger partial charge in [0, 0.05) is 12.7 Å². The van der Waals surface area contributed by atoms with Crippen LogP contribution >= 0.6 is 15.9 Å². The van der Waals surface area contributed by atoms with Crippen LogP contribution in [0.2, 0.25) is 0 Å². The van der Waals surface area contributed by atoms with Crippen molar-refractivity contribution in [3.05, 3.63) is 34.1 Å². The van der Waals surface area contributed by atoms with Crippen LogP contribution in [0.3, 0.4) is 0 Å². The van der Waals surface area contributed by atoms with Gasteiger partial charge in [0.05, 0.1) is 16.6 Å². The first-order chi connectivity index (χ1) is 8.15. The number of benzene rings is 1. The first kappa shape index (κ1) is 14.6. The number of nitrogens with one attached hydrogen (secondary N) is 1. The molecule has 0 aliphatic heterocycles. The van der Waals surface area contributed by atoms with Gasteiger partial charge in [-0.05, 0) is 35.5 Å². The van der Waals surface area contributed by atoms with Crippen molar-refractivity contribution < 1.29 is 9.13 Å². The van der Waals surface area contributed by atoms with Crippen LogP contribution in [-0.4, -0.2) is 20.3 Å². The zero-order chi connectivity index (χ0) is 12.8. The molecule has 2 atom stereocenters. The fraction of sp³-hybridized carbons (Fsp3) is 0.538. The largest absolute Gasteiger partial charge is 0.379 e. The van der Waals surface area contributed by atoms with E-state index < -0.39 is 0 Å². The Hall–Kier alpha value is -0.450. The molecule has 0 saturated carbocycles. The molecule has 4 heteroatoms. The van der Waals surface area contributed by atoms with Crippen LogP contribution in [0.1, 0.15) is 31.4 Å². The molecule has 0 spiro atoms. The Morgan fingerprint density at radius 2 is 2.18 bits per heavy atom. The molecular formula is C13H19BrFNO. The summed E-state index contributed by atoms with van der Waals surface area (Å²) in [6, 6.07) is 5.21. The van der Waals surface area contributed by atoms with E-state index in [1.54, 1.807) is 19.2 Å². The van der Waals surface area contributed by atoms with Gasteiger partial charge in [-0.25, -0.2) is 4.39 Å². The minimum atomic E-state index is -0.218. The van der Waals surface area contributed by atoms with E-state index in [9.17, 15) is 4.39 Å². The molecule has 0 saturated heterocycles. The molecule has 0 heterocycles. The zero-order valence-corrected chi connectivity index (χ0v) is 12.1. The lowest BCUT2D eigenvalue weighted by molar-refractivity contribution is 0.0619. The van der Waals surface area contributed by atoms with Crippen molar-refractivity contribution in [2.75, 3.05) is 14.2 Å². The SMILES string of the molecule is CCCC(OC)C(NC)c1cccc(Br)c1F. The number of ether oxygens (including phenoxy) is 1. The third kappa shape index (κ3) is 3.50. The quantitative estimate of drug-likeness (QED) is 0.866. The summed E-state index contributed by atoms with van der Waals surface area (Å²) in [7, 11) is 3.49. The van der Waals surface area contributed by atoms with Crippen LogP contribution < -0.4 is 5.32 Å². The molecule has 0 fully saturated rings. The maximum absolute atomic E-state index is 14.0. The fourth-order valence-electron chi connectivity index (χ4n) is 2.01. The first-order valence-electron chi connectivity index (χ1n) is 5.79. The van der Waals surface area contributed by atoms with Gasteiger partial charge in [-0.15, -0.1) is 0 Å². The normalized spacial score (nSPS) is 14.6. The average Bonchev–Trinajstić information content (AvgIpc) is 2.34. The summed E-state index contributed by atoms with van der Waals surface area (Å²) in [5, 5.41) is 3.14. The van der Waals surface area contributed by atoms with Crippen LogP contribution in [-0.2, 0) is 4.74 Å². The van der Waals surface area contributed by atoms with Gasteiger partial charge in [0.25, 0.3) is 0 Å². The lowest BCUT2D eigenvalue weighted by atomic mass is 9.98. The van der Waals surface area contributed by atoms with Crippen LogP contribution in [0, 0.1) is 5.82 Å². The van der Waals surface area contributed by atoms with E-state index in [-0.39, 0.29) is 18.0 Å². The second kappa shape index (κ2) is 7.09. The topological polar surface area (TPSA) is 21.3 Å². The van der Waals surface area contributed by atoms with Crippen molar-refractivity contribution in [3.8, 4) is 0 Å². The zero-order valence-electron chi connectivity index (χ0n) is 10.5. The summed E-state index contributed by atoms with van der Waals surface area (Å²) in [6.07, 6.45) is 1.88. The van der Waals surface area contributed by atoms with E-state index >= 15 is 0 Å². The van der Waals surface area contributed by atoms with Gasteiger partial charge in [0.15, 0.2) is 0 Å². The standard InChI is InChI=1S/C13H19BrFNO/c1-4-6-11(17-3)13(16-2)9-7-5-8-10(14)12(9)15/h5,7-8,11,13,16H,4,6H2,1-3H3. The van der Waals surface area contributed by atoms with Gasteiger partial charge in [-0.2, -0.15) is 0 Å². The van der Waals surface area contributed by atoms with Gasteiger partial charge in [-0.1, -0.05) is 25.5 Å². The fourth-order valence-corrected chi connectivity index (χ4v) is 2.39. The number of halogens is 2. The molecule has 0 bridgehead atoms. The van der Waals surface area contributed by atoms with E-state index in [0.29, 0.717) is 10.0 Å². The molecule has 1 N–H and O–H groups in total. The van der Waals surface area contributed by atoms with Crippen molar-refractivity contribution >= 4 is 15.9 Å². The predicted octanol–water partition coefficient (Wildman–Crippen LogP) is 3.66. The Morgan fingerprint density at radius 1 is 1.47 bits per heavy atom. The molecule has 0 aliphatic rings. The molecule has 0 aliphatic carbocycles. The number of likely N-dealkylation sites (N-methyl/N-ethyl adjacent to an activating group) is 1. The number of hydrogen-bond acceptors (Lipinski definition) is 2. The van der Waals surface area contributed by atoms with E-state index in [1.165, 1.54) is 0 Å². The lowest BCUT2D eigenvalue weighted by Crippen LogP contribution is -2.31. The molecule has 17 heavy (non-hydrogen) atoms. The molecule has 1 aromatic rings. The molecule has 1 rings (SSSR count). The van der Waals surface area contributed by atoms with Crippen LogP contribution in [0.25, 0.3) is 0 Å². The maximum Gasteiger partial charge on any atom is 0.142 e. The second-order valence-corrected chi connectivity index (χ2v) is 4.83. The van der Waals surface area contributed by atoms with Gasteiger partial charge in [0.2, 0.25) is 0 Å². The lowest BCUT2D eigenvalue weighted by Gasteiger charge is -2.26. The monoisotopic (exact) mass is 303 g/mol. The molecular weight excluding hydrogens is 285 g/mol. The van der Waals surface area contributed by atoms with Crippen LogP contribution in [0.4, 0.5) is 4.39 Å². The minimum absolute atomic E-state index is 0.0196. The van der Waals surface area contributed by atoms with Gasteiger partial charge < -0.3 is 10.1 Å². The Labute approximate surface area is 111 Å². The Morgan fingerprint density at radius 3 is 2.71 bits per heavy atom. The number of rotatable bonds is 6. The van der Waals surface area contributed by atoms with Gasteiger partial charge in [-0.3, -0.25) is 0 Å². The molecule has 2 nitrogen and oxygen atoms in total.